The largest absolute Gasteiger partial charge is 0.0899 e. The van der Waals surface area contributed by atoms with Gasteiger partial charge < -0.3 is 0 Å². The highest BCUT2D eigenvalue weighted by Crippen LogP contribution is 2.12. The summed E-state index contributed by atoms with van der Waals surface area (Å²) in [5.74, 6) is 0. The fourth-order valence-electron chi connectivity index (χ4n) is 1.39. The van der Waals surface area contributed by atoms with Gasteiger partial charge in [0.15, 0.2) is 0 Å². The van der Waals surface area contributed by atoms with Crippen molar-refractivity contribution in [3.8, 4) is 0 Å². The standard InChI is InChI=1S/C11H20BrN3/c1-2-3-4-5-6-7-11(10-12)8-9-14-15-13/h8H,2-7,9-10H2,1H3/b11-8-. The molecular weight excluding hydrogens is 254 g/mol. The lowest BCUT2D eigenvalue weighted by Gasteiger charge is -2.03. The van der Waals surface area contributed by atoms with E-state index in [-0.39, 0.29) is 0 Å². The van der Waals surface area contributed by atoms with E-state index >= 15 is 0 Å². The van der Waals surface area contributed by atoms with E-state index in [2.05, 4.69) is 32.9 Å². The number of allylic oxidation sites excluding steroid dienone is 1. The molecule has 0 amide bonds. The zero-order valence-corrected chi connectivity index (χ0v) is 11.0. The summed E-state index contributed by atoms with van der Waals surface area (Å²) in [4.78, 5) is 2.73. The third-order valence-electron chi connectivity index (χ3n) is 2.30. The van der Waals surface area contributed by atoms with Gasteiger partial charge in [-0.3, -0.25) is 0 Å². The monoisotopic (exact) mass is 273 g/mol. The Balaban J connectivity index is 3.60. The van der Waals surface area contributed by atoms with Crippen LogP contribution in [0.15, 0.2) is 16.8 Å². The molecule has 0 aliphatic rings. The minimum atomic E-state index is 0.479. The molecule has 3 nitrogen and oxygen atoms in total. The first-order valence-electron chi connectivity index (χ1n) is 5.59. The number of halogens is 1. The van der Waals surface area contributed by atoms with E-state index in [1.54, 1.807) is 0 Å². The SMILES string of the molecule is CCCCCCC/C(=C/CN=[N+]=[N-])CBr. The van der Waals surface area contributed by atoms with Crippen molar-refractivity contribution in [2.75, 3.05) is 11.9 Å². The van der Waals surface area contributed by atoms with Crippen LogP contribution in [-0.4, -0.2) is 11.9 Å². The van der Waals surface area contributed by atoms with Gasteiger partial charge in [-0.05, 0) is 18.4 Å². The fourth-order valence-corrected chi connectivity index (χ4v) is 1.89. The van der Waals surface area contributed by atoms with Crippen LogP contribution in [0.25, 0.3) is 10.4 Å². The van der Waals surface area contributed by atoms with Crippen LogP contribution >= 0.6 is 15.9 Å². The molecule has 0 aliphatic heterocycles. The van der Waals surface area contributed by atoms with Gasteiger partial charge in [0, 0.05) is 16.8 Å². The lowest BCUT2D eigenvalue weighted by Crippen LogP contribution is -1.88. The van der Waals surface area contributed by atoms with E-state index in [4.69, 9.17) is 5.53 Å². The zero-order chi connectivity index (χ0) is 11.4. The van der Waals surface area contributed by atoms with E-state index < -0.39 is 0 Å². The third-order valence-corrected chi connectivity index (χ3v) is 3.02. The molecule has 0 aromatic carbocycles. The van der Waals surface area contributed by atoms with E-state index in [9.17, 15) is 0 Å². The Labute approximate surface area is 101 Å². The lowest BCUT2D eigenvalue weighted by molar-refractivity contribution is 0.631. The first-order chi connectivity index (χ1) is 7.35. The van der Waals surface area contributed by atoms with Crippen LogP contribution in [0.3, 0.4) is 0 Å². The highest BCUT2D eigenvalue weighted by molar-refractivity contribution is 9.09. The summed E-state index contributed by atoms with van der Waals surface area (Å²) >= 11 is 3.45. The molecule has 0 bridgehead atoms. The molecule has 0 heterocycles. The van der Waals surface area contributed by atoms with Crippen molar-refractivity contribution in [1.29, 1.82) is 0 Å². The molecule has 0 saturated carbocycles. The van der Waals surface area contributed by atoms with Gasteiger partial charge in [0.1, 0.15) is 0 Å². The number of hydrogen-bond donors (Lipinski definition) is 0. The van der Waals surface area contributed by atoms with Crippen LogP contribution in [0.4, 0.5) is 0 Å². The summed E-state index contributed by atoms with van der Waals surface area (Å²) in [5.41, 5.74) is 9.49. The Morgan fingerprint density at radius 1 is 1.33 bits per heavy atom. The van der Waals surface area contributed by atoms with Crippen molar-refractivity contribution in [2.45, 2.75) is 45.4 Å². The highest BCUT2D eigenvalue weighted by atomic mass is 79.9. The molecule has 0 N–H and O–H groups in total. The topological polar surface area (TPSA) is 48.8 Å². The van der Waals surface area contributed by atoms with Gasteiger partial charge in [0.25, 0.3) is 0 Å². The lowest BCUT2D eigenvalue weighted by atomic mass is 10.1. The van der Waals surface area contributed by atoms with Gasteiger partial charge in [-0.2, -0.15) is 0 Å². The maximum Gasteiger partial charge on any atom is 0.0443 e. The summed E-state index contributed by atoms with van der Waals surface area (Å²) < 4.78 is 0. The number of rotatable bonds is 9. The molecule has 0 radical (unpaired) electrons. The van der Waals surface area contributed by atoms with Crippen molar-refractivity contribution >= 4 is 15.9 Å². The summed E-state index contributed by atoms with van der Waals surface area (Å²) in [6, 6.07) is 0. The Bertz CT molecular complexity index is 220. The van der Waals surface area contributed by atoms with Crippen LogP contribution in [0.1, 0.15) is 45.4 Å². The average Bonchev–Trinajstić information content (AvgIpc) is 2.26. The molecule has 4 heteroatoms. The Hall–Kier alpha value is -0.470. The van der Waals surface area contributed by atoms with Gasteiger partial charge in [0.2, 0.25) is 0 Å². The third kappa shape index (κ3) is 9.83. The first kappa shape index (κ1) is 14.5. The number of hydrogen-bond acceptors (Lipinski definition) is 1. The van der Waals surface area contributed by atoms with E-state index in [0.29, 0.717) is 6.54 Å². The van der Waals surface area contributed by atoms with Gasteiger partial charge >= 0.3 is 0 Å². The smallest absolute Gasteiger partial charge is 0.0443 e. The van der Waals surface area contributed by atoms with Crippen molar-refractivity contribution in [2.24, 2.45) is 5.11 Å². The van der Waals surface area contributed by atoms with Crippen molar-refractivity contribution in [1.82, 2.24) is 0 Å². The number of unbranched alkanes of at least 4 members (excludes halogenated alkanes) is 4. The predicted molar refractivity (Wildman–Crippen MR) is 69.3 cm³/mol. The summed E-state index contributed by atoms with van der Waals surface area (Å²) in [5, 5.41) is 4.39. The quantitative estimate of drug-likeness (QED) is 0.142. The molecule has 0 spiro atoms. The van der Waals surface area contributed by atoms with Crippen LogP contribution in [-0.2, 0) is 0 Å². The normalized spacial score (nSPS) is 11.2. The second-order valence-corrected chi connectivity index (χ2v) is 4.13. The summed E-state index contributed by atoms with van der Waals surface area (Å²) in [6.07, 6.45) is 9.66. The summed E-state index contributed by atoms with van der Waals surface area (Å²) in [7, 11) is 0. The molecule has 0 unspecified atom stereocenters. The maximum atomic E-state index is 8.14. The van der Waals surface area contributed by atoms with Crippen molar-refractivity contribution in [3.63, 3.8) is 0 Å². The minimum absolute atomic E-state index is 0.479. The Kier molecular flexibility index (Phi) is 11.2. The van der Waals surface area contributed by atoms with Crippen LogP contribution in [0.2, 0.25) is 0 Å². The first-order valence-corrected chi connectivity index (χ1v) is 6.72. The molecule has 15 heavy (non-hydrogen) atoms. The number of nitrogens with zero attached hydrogens (tertiary/aromatic N) is 3. The van der Waals surface area contributed by atoms with Crippen molar-refractivity contribution in [3.05, 3.63) is 22.1 Å². The van der Waals surface area contributed by atoms with Gasteiger partial charge in [0.05, 0.1) is 0 Å². The Morgan fingerprint density at radius 3 is 2.67 bits per heavy atom. The second-order valence-electron chi connectivity index (χ2n) is 3.57. The van der Waals surface area contributed by atoms with Crippen LogP contribution < -0.4 is 0 Å². The molecule has 0 atom stereocenters. The average molecular weight is 274 g/mol. The van der Waals surface area contributed by atoms with E-state index in [0.717, 1.165) is 11.8 Å². The van der Waals surface area contributed by atoms with Gasteiger partial charge in [-0.15, -0.1) is 0 Å². The number of alkyl halides is 1. The van der Waals surface area contributed by atoms with Gasteiger partial charge in [-0.25, -0.2) is 0 Å². The Morgan fingerprint density at radius 2 is 2.07 bits per heavy atom. The molecular formula is C11H20BrN3. The highest BCUT2D eigenvalue weighted by Gasteiger charge is 1.95. The molecule has 0 rings (SSSR count). The maximum absolute atomic E-state index is 8.14. The zero-order valence-electron chi connectivity index (χ0n) is 9.45. The molecule has 86 valence electrons. The second kappa shape index (κ2) is 11.6. The van der Waals surface area contributed by atoms with Crippen molar-refractivity contribution < 1.29 is 0 Å². The summed E-state index contributed by atoms with van der Waals surface area (Å²) in [6.45, 7) is 2.70. The molecule has 0 fully saturated rings. The van der Waals surface area contributed by atoms with E-state index in [1.165, 1.54) is 37.7 Å². The molecule has 0 aliphatic carbocycles. The van der Waals surface area contributed by atoms with Crippen LogP contribution in [0.5, 0.6) is 0 Å². The number of azide groups is 1. The fraction of sp³-hybridized carbons (Fsp3) is 0.818. The molecule has 0 aromatic heterocycles. The molecule has 0 saturated heterocycles. The predicted octanol–water partition coefficient (Wildman–Crippen LogP) is 4.98. The van der Waals surface area contributed by atoms with Crippen LogP contribution in [0, 0.1) is 0 Å². The van der Waals surface area contributed by atoms with E-state index in [1.807, 2.05) is 6.08 Å². The van der Waals surface area contributed by atoms with Gasteiger partial charge in [-0.1, -0.05) is 65.3 Å². The minimum Gasteiger partial charge on any atom is -0.0899 e. The molecule has 0 aromatic rings.